The topological polar surface area (TPSA) is 86.8 Å². The highest BCUT2D eigenvalue weighted by Crippen LogP contribution is 2.16. The fourth-order valence-electron chi connectivity index (χ4n) is 2.91. The molecule has 0 fully saturated rings. The lowest BCUT2D eigenvalue weighted by molar-refractivity contribution is -0.141. The van der Waals surface area contributed by atoms with Crippen molar-refractivity contribution >= 4 is 21.8 Å². The van der Waals surface area contributed by atoms with Gasteiger partial charge in [0, 0.05) is 27.1 Å². The maximum atomic E-state index is 13.3. The van der Waals surface area contributed by atoms with Crippen LogP contribution in [0.25, 0.3) is 0 Å². The lowest BCUT2D eigenvalue weighted by Crippen LogP contribution is -2.52. The van der Waals surface area contributed by atoms with Gasteiger partial charge in [0.1, 0.15) is 11.9 Å². The molecule has 2 aromatic carbocycles. The van der Waals surface area contributed by atoms with E-state index >= 15 is 0 Å². The molecule has 30 heavy (non-hydrogen) atoms. The van der Waals surface area contributed by atoms with E-state index < -0.39 is 34.3 Å². The molecule has 1 unspecified atom stereocenters. The third-order valence-electron chi connectivity index (χ3n) is 4.71. The van der Waals surface area contributed by atoms with E-state index in [9.17, 15) is 22.4 Å². The van der Waals surface area contributed by atoms with E-state index in [2.05, 4.69) is 5.32 Å². The molecular formula is C21H26FN3O4S. The van der Waals surface area contributed by atoms with Gasteiger partial charge in [0.2, 0.25) is 21.8 Å². The highest BCUT2D eigenvalue weighted by molar-refractivity contribution is 7.88. The predicted octanol–water partition coefficient (Wildman–Crippen LogP) is 1.40. The maximum absolute atomic E-state index is 13.3. The highest BCUT2D eigenvalue weighted by atomic mass is 32.2. The lowest BCUT2D eigenvalue weighted by atomic mass is 10.0. The maximum Gasteiger partial charge on any atom is 0.242 e. The molecule has 0 saturated heterocycles. The SMILES string of the molecule is CNC(=O)C(Cc1ccccc1)N(Cc1ccc(F)cc1)C(=O)CN(C)S(C)(=O)=O. The van der Waals surface area contributed by atoms with Gasteiger partial charge >= 0.3 is 0 Å². The molecule has 1 atom stereocenters. The minimum Gasteiger partial charge on any atom is -0.357 e. The fraction of sp³-hybridized carbons (Fsp3) is 0.333. The van der Waals surface area contributed by atoms with Crippen molar-refractivity contribution in [3.8, 4) is 0 Å². The number of benzene rings is 2. The predicted molar refractivity (Wildman–Crippen MR) is 112 cm³/mol. The molecule has 0 spiro atoms. The van der Waals surface area contributed by atoms with Crippen molar-refractivity contribution in [2.75, 3.05) is 26.9 Å². The first-order valence-electron chi connectivity index (χ1n) is 9.32. The number of rotatable bonds is 9. The Morgan fingerprint density at radius 1 is 1.03 bits per heavy atom. The van der Waals surface area contributed by atoms with Crippen LogP contribution in [0.3, 0.4) is 0 Å². The molecule has 0 aliphatic carbocycles. The molecule has 162 valence electrons. The van der Waals surface area contributed by atoms with Crippen LogP contribution in [0, 0.1) is 5.82 Å². The van der Waals surface area contributed by atoms with E-state index in [1.165, 1.54) is 43.3 Å². The first-order chi connectivity index (χ1) is 14.1. The van der Waals surface area contributed by atoms with Crippen LogP contribution in [0.5, 0.6) is 0 Å². The van der Waals surface area contributed by atoms with Crippen LogP contribution in [-0.2, 0) is 32.6 Å². The molecule has 7 nitrogen and oxygen atoms in total. The van der Waals surface area contributed by atoms with E-state index in [0.29, 0.717) is 5.56 Å². The number of likely N-dealkylation sites (N-methyl/N-ethyl adjacent to an activating group) is 2. The van der Waals surface area contributed by atoms with Gasteiger partial charge in [-0.25, -0.2) is 12.8 Å². The van der Waals surface area contributed by atoms with Crippen LogP contribution < -0.4 is 5.32 Å². The van der Waals surface area contributed by atoms with E-state index in [-0.39, 0.29) is 18.9 Å². The zero-order valence-electron chi connectivity index (χ0n) is 17.2. The summed E-state index contributed by atoms with van der Waals surface area (Å²) in [6, 6.07) is 13.9. The Hall–Kier alpha value is -2.78. The molecule has 0 aromatic heterocycles. The van der Waals surface area contributed by atoms with Gasteiger partial charge in [0.15, 0.2) is 0 Å². The third-order valence-corrected chi connectivity index (χ3v) is 5.97. The second-order valence-corrected chi connectivity index (χ2v) is 9.08. The van der Waals surface area contributed by atoms with Gasteiger partial charge in [-0.3, -0.25) is 9.59 Å². The van der Waals surface area contributed by atoms with Crippen LogP contribution in [0.1, 0.15) is 11.1 Å². The second kappa shape index (κ2) is 10.3. The number of nitrogens with zero attached hydrogens (tertiary/aromatic N) is 2. The zero-order chi connectivity index (χ0) is 22.3. The average molecular weight is 436 g/mol. The number of carbonyl (C=O) groups is 2. The quantitative estimate of drug-likeness (QED) is 0.645. The number of sulfonamides is 1. The van der Waals surface area contributed by atoms with Crippen LogP contribution in [0.4, 0.5) is 4.39 Å². The Kier molecular flexibility index (Phi) is 8.08. The number of nitrogens with one attached hydrogen (secondary N) is 1. The van der Waals surface area contributed by atoms with E-state index in [0.717, 1.165) is 16.1 Å². The van der Waals surface area contributed by atoms with Gasteiger partial charge in [-0.15, -0.1) is 0 Å². The minimum atomic E-state index is -3.58. The van der Waals surface area contributed by atoms with Crippen LogP contribution in [0.2, 0.25) is 0 Å². The molecule has 0 aliphatic heterocycles. The monoisotopic (exact) mass is 435 g/mol. The fourth-order valence-corrected chi connectivity index (χ4v) is 3.25. The standard InChI is InChI=1S/C21H26FN3O4S/c1-23-21(27)19(13-16-7-5-4-6-8-16)25(14-17-9-11-18(22)12-10-17)20(26)15-24(2)30(3,28)29/h4-12,19H,13-15H2,1-3H3,(H,23,27). The molecular weight excluding hydrogens is 409 g/mol. The normalized spacial score (nSPS) is 12.4. The van der Waals surface area contributed by atoms with E-state index in [4.69, 9.17) is 0 Å². The summed E-state index contributed by atoms with van der Waals surface area (Å²) in [4.78, 5) is 27.1. The summed E-state index contributed by atoms with van der Waals surface area (Å²) in [7, 11) is -0.808. The molecule has 2 amide bonds. The molecule has 2 rings (SSSR count). The Morgan fingerprint density at radius 3 is 2.17 bits per heavy atom. The zero-order valence-corrected chi connectivity index (χ0v) is 18.0. The van der Waals surface area contributed by atoms with Gasteiger partial charge < -0.3 is 10.2 Å². The molecule has 0 radical (unpaired) electrons. The van der Waals surface area contributed by atoms with Crippen molar-refractivity contribution in [1.82, 2.24) is 14.5 Å². The average Bonchev–Trinajstić information content (AvgIpc) is 2.71. The Morgan fingerprint density at radius 2 is 1.63 bits per heavy atom. The molecule has 0 saturated carbocycles. The first kappa shape index (κ1) is 23.5. The minimum absolute atomic E-state index is 0.0294. The number of hydrogen-bond acceptors (Lipinski definition) is 4. The van der Waals surface area contributed by atoms with Crippen molar-refractivity contribution in [2.45, 2.75) is 19.0 Å². The van der Waals surface area contributed by atoms with Crippen molar-refractivity contribution in [3.05, 3.63) is 71.5 Å². The summed E-state index contributed by atoms with van der Waals surface area (Å²) >= 11 is 0. The van der Waals surface area contributed by atoms with Crippen molar-refractivity contribution in [1.29, 1.82) is 0 Å². The van der Waals surface area contributed by atoms with Gasteiger partial charge in [0.25, 0.3) is 0 Å². The number of hydrogen-bond donors (Lipinski definition) is 1. The van der Waals surface area contributed by atoms with E-state index in [1.807, 2.05) is 30.3 Å². The van der Waals surface area contributed by atoms with Crippen LogP contribution in [-0.4, -0.2) is 62.4 Å². The molecule has 9 heteroatoms. The van der Waals surface area contributed by atoms with Crippen LogP contribution >= 0.6 is 0 Å². The number of amides is 2. The second-order valence-electron chi connectivity index (χ2n) is 6.99. The van der Waals surface area contributed by atoms with Gasteiger partial charge in [0.05, 0.1) is 12.8 Å². The summed E-state index contributed by atoms with van der Waals surface area (Å²) in [5.41, 5.74) is 1.47. The van der Waals surface area contributed by atoms with Crippen molar-refractivity contribution < 1.29 is 22.4 Å². The third kappa shape index (κ3) is 6.64. The number of halogens is 1. The van der Waals surface area contributed by atoms with E-state index in [1.54, 1.807) is 0 Å². The molecule has 0 aliphatic rings. The molecule has 1 N–H and O–H groups in total. The first-order valence-corrected chi connectivity index (χ1v) is 11.2. The summed E-state index contributed by atoms with van der Waals surface area (Å²) in [6.45, 7) is -0.385. The van der Waals surface area contributed by atoms with Crippen LogP contribution in [0.15, 0.2) is 54.6 Å². The highest BCUT2D eigenvalue weighted by Gasteiger charge is 2.31. The molecule has 0 bridgehead atoms. The van der Waals surface area contributed by atoms with Crippen molar-refractivity contribution in [3.63, 3.8) is 0 Å². The smallest absolute Gasteiger partial charge is 0.242 e. The summed E-state index contributed by atoms with van der Waals surface area (Å²) in [5, 5.41) is 2.57. The summed E-state index contributed by atoms with van der Waals surface area (Å²) < 4.78 is 37.8. The number of carbonyl (C=O) groups excluding carboxylic acids is 2. The largest absolute Gasteiger partial charge is 0.357 e. The van der Waals surface area contributed by atoms with Gasteiger partial charge in [-0.2, -0.15) is 4.31 Å². The van der Waals surface area contributed by atoms with Gasteiger partial charge in [-0.1, -0.05) is 42.5 Å². The Bertz CT molecular complexity index is 966. The molecule has 0 heterocycles. The lowest BCUT2D eigenvalue weighted by Gasteiger charge is -2.32. The Labute approximate surface area is 176 Å². The molecule has 2 aromatic rings. The summed E-state index contributed by atoms with van der Waals surface area (Å²) in [6.07, 6.45) is 1.25. The van der Waals surface area contributed by atoms with Crippen molar-refractivity contribution in [2.24, 2.45) is 0 Å². The summed E-state index contributed by atoms with van der Waals surface area (Å²) in [5.74, 6) is -1.33. The van der Waals surface area contributed by atoms with Gasteiger partial charge in [-0.05, 0) is 23.3 Å². The Balaban J connectivity index is 2.39.